The maximum atomic E-state index is 12.1. The molecule has 1 heterocycles. The van der Waals surface area contributed by atoms with Crippen molar-refractivity contribution in [2.75, 3.05) is 17.2 Å². The van der Waals surface area contributed by atoms with E-state index in [0.29, 0.717) is 11.5 Å². The van der Waals surface area contributed by atoms with Crippen molar-refractivity contribution in [3.05, 3.63) is 47.3 Å². The van der Waals surface area contributed by atoms with Gasteiger partial charge in [0.2, 0.25) is 5.95 Å². The lowest BCUT2D eigenvalue weighted by molar-refractivity contribution is 0.102. The summed E-state index contributed by atoms with van der Waals surface area (Å²) in [6.45, 7) is 6.94. The lowest BCUT2D eigenvalue weighted by atomic mass is 10.1. The minimum Gasteiger partial charge on any atom is -0.354 e. The summed E-state index contributed by atoms with van der Waals surface area (Å²) in [6, 6.07) is 5.82. The number of aromatic nitrogens is 2. The maximum absolute atomic E-state index is 12.1. The van der Waals surface area contributed by atoms with E-state index < -0.39 is 0 Å². The van der Waals surface area contributed by atoms with Crippen molar-refractivity contribution in [3.8, 4) is 0 Å². The highest BCUT2D eigenvalue weighted by molar-refractivity contribution is 6.03. The van der Waals surface area contributed by atoms with E-state index in [1.165, 1.54) is 18.0 Å². The van der Waals surface area contributed by atoms with Gasteiger partial charge in [0.25, 0.3) is 5.91 Å². The van der Waals surface area contributed by atoms with Crippen molar-refractivity contribution in [1.82, 2.24) is 9.97 Å². The zero-order chi connectivity index (χ0) is 15.2. The predicted octanol–water partition coefficient (Wildman–Crippen LogP) is 3.17. The molecule has 0 aliphatic carbocycles. The quantitative estimate of drug-likeness (QED) is 0.885. The molecule has 1 aromatic carbocycles. The fourth-order valence-corrected chi connectivity index (χ4v) is 1.80. The third-order valence-electron chi connectivity index (χ3n) is 3.21. The van der Waals surface area contributed by atoms with Crippen LogP contribution in [0.4, 0.5) is 11.6 Å². The Kier molecular flexibility index (Phi) is 4.87. The summed E-state index contributed by atoms with van der Waals surface area (Å²) in [6.07, 6.45) is 4.06. The van der Waals surface area contributed by atoms with E-state index in [2.05, 4.69) is 27.5 Å². The second-order valence-electron chi connectivity index (χ2n) is 4.98. The normalized spacial score (nSPS) is 10.2. The third-order valence-corrected chi connectivity index (χ3v) is 3.21. The topological polar surface area (TPSA) is 66.9 Å². The second-order valence-corrected chi connectivity index (χ2v) is 4.98. The summed E-state index contributed by atoms with van der Waals surface area (Å²) in [5, 5.41) is 5.92. The highest BCUT2D eigenvalue weighted by Crippen LogP contribution is 2.15. The van der Waals surface area contributed by atoms with Gasteiger partial charge in [0, 0.05) is 24.6 Å². The van der Waals surface area contributed by atoms with Gasteiger partial charge in [-0.3, -0.25) is 4.79 Å². The van der Waals surface area contributed by atoms with Gasteiger partial charge in [-0.2, -0.15) is 0 Å². The zero-order valence-corrected chi connectivity index (χ0v) is 12.6. The molecule has 0 saturated heterocycles. The molecule has 21 heavy (non-hydrogen) atoms. The van der Waals surface area contributed by atoms with Crippen molar-refractivity contribution in [2.24, 2.45) is 0 Å². The van der Waals surface area contributed by atoms with Gasteiger partial charge in [-0.05, 0) is 43.5 Å². The average molecular weight is 284 g/mol. The Morgan fingerprint density at radius 1 is 1.14 bits per heavy atom. The molecule has 5 heteroatoms. The van der Waals surface area contributed by atoms with Crippen LogP contribution >= 0.6 is 0 Å². The van der Waals surface area contributed by atoms with Gasteiger partial charge in [-0.25, -0.2) is 9.97 Å². The monoisotopic (exact) mass is 284 g/mol. The number of nitrogens with zero attached hydrogens (tertiary/aromatic N) is 2. The number of anilines is 2. The number of nitrogens with one attached hydrogen (secondary N) is 2. The largest absolute Gasteiger partial charge is 0.354 e. The van der Waals surface area contributed by atoms with Crippen LogP contribution in [0.15, 0.2) is 30.6 Å². The van der Waals surface area contributed by atoms with E-state index in [1.807, 2.05) is 32.0 Å². The van der Waals surface area contributed by atoms with Crippen LogP contribution in [0.1, 0.15) is 34.8 Å². The van der Waals surface area contributed by atoms with E-state index >= 15 is 0 Å². The Morgan fingerprint density at radius 3 is 2.48 bits per heavy atom. The average Bonchev–Trinajstić information content (AvgIpc) is 2.49. The molecule has 1 amide bonds. The van der Waals surface area contributed by atoms with Gasteiger partial charge in [0.15, 0.2) is 0 Å². The Morgan fingerprint density at radius 2 is 1.86 bits per heavy atom. The van der Waals surface area contributed by atoms with Crippen molar-refractivity contribution in [3.63, 3.8) is 0 Å². The first-order valence-electron chi connectivity index (χ1n) is 7.04. The summed E-state index contributed by atoms with van der Waals surface area (Å²) >= 11 is 0. The highest BCUT2D eigenvalue weighted by atomic mass is 16.1. The summed E-state index contributed by atoms with van der Waals surface area (Å²) in [7, 11) is 0. The van der Waals surface area contributed by atoms with Crippen LogP contribution in [0.25, 0.3) is 0 Å². The van der Waals surface area contributed by atoms with Gasteiger partial charge >= 0.3 is 0 Å². The Labute approximate surface area is 124 Å². The van der Waals surface area contributed by atoms with E-state index in [9.17, 15) is 4.79 Å². The smallest absolute Gasteiger partial charge is 0.258 e. The predicted molar refractivity (Wildman–Crippen MR) is 84.7 cm³/mol. The summed E-state index contributed by atoms with van der Waals surface area (Å²) in [4.78, 5) is 20.4. The zero-order valence-electron chi connectivity index (χ0n) is 12.6. The molecule has 0 spiro atoms. The molecule has 1 aromatic heterocycles. The van der Waals surface area contributed by atoms with Crippen LogP contribution in [0, 0.1) is 13.8 Å². The number of carbonyl (C=O) groups is 1. The molecule has 0 aliphatic rings. The molecular weight excluding hydrogens is 264 g/mol. The van der Waals surface area contributed by atoms with Crippen molar-refractivity contribution < 1.29 is 4.79 Å². The first-order chi connectivity index (χ1) is 10.1. The van der Waals surface area contributed by atoms with Gasteiger partial charge in [-0.15, -0.1) is 0 Å². The number of hydrogen-bond donors (Lipinski definition) is 2. The lowest BCUT2D eigenvalue weighted by Gasteiger charge is -2.08. The molecule has 0 unspecified atom stereocenters. The van der Waals surface area contributed by atoms with Gasteiger partial charge in [-0.1, -0.05) is 13.0 Å². The maximum Gasteiger partial charge on any atom is 0.258 e. The summed E-state index contributed by atoms with van der Waals surface area (Å²) in [5.74, 6) is 0.333. The number of carbonyl (C=O) groups excluding carboxylic acids is 1. The first kappa shape index (κ1) is 15.0. The minimum atomic E-state index is -0.208. The number of aryl methyl sites for hydroxylation is 2. The second kappa shape index (κ2) is 6.83. The third kappa shape index (κ3) is 4.02. The molecule has 2 aromatic rings. The van der Waals surface area contributed by atoms with Crippen LogP contribution in [-0.2, 0) is 0 Å². The first-order valence-corrected chi connectivity index (χ1v) is 7.04. The fourth-order valence-electron chi connectivity index (χ4n) is 1.80. The molecular formula is C16H20N4O. The minimum absolute atomic E-state index is 0.208. The molecule has 2 rings (SSSR count). The molecule has 0 bridgehead atoms. The van der Waals surface area contributed by atoms with Crippen molar-refractivity contribution in [2.45, 2.75) is 27.2 Å². The number of amides is 1. The van der Waals surface area contributed by atoms with E-state index in [0.717, 1.165) is 24.2 Å². The van der Waals surface area contributed by atoms with Gasteiger partial charge in [0.05, 0.1) is 5.56 Å². The molecule has 0 atom stereocenters. The van der Waals surface area contributed by atoms with Gasteiger partial charge in [0.1, 0.15) is 0 Å². The Bertz CT molecular complexity index is 623. The molecule has 5 nitrogen and oxygen atoms in total. The van der Waals surface area contributed by atoms with Crippen LogP contribution in [-0.4, -0.2) is 22.4 Å². The van der Waals surface area contributed by atoms with E-state index in [4.69, 9.17) is 0 Å². The Hall–Kier alpha value is -2.43. The number of hydrogen-bond acceptors (Lipinski definition) is 4. The van der Waals surface area contributed by atoms with Crippen molar-refractivity contribution in [1.29, 1.82) is 0 Å². The van der Waals surface area contributed by atoms with E-state index in [1.54, 1.807) is 0 Å². The SMILES string of the molecule is CCCNc1ncc(C(=O)Nc2ccc(C)c(C)c2)cn1. The fraction of sp³-hybridized carbons (Fsp3) is 0.312. The van der Waals surface area contributed by atoms with Crippen LogP contribution < -0.4 is 10.6 Å². The standard InChI is InChI=1S/C16H20N4O/c1-4-7-17-16-18-9-13(10-19-16)15(21)20-14-6-5-11(2)12(3)8-14/h5-6,8-10H,4,7H2,1-3H3,(H,20,21)(H,17,18,19). The van der Waals surface area contributed by atoms with Crippen LogP contribution in [0.5, 0.6) is 0 Å². The van der Waals surface area contributed by atoms with Crippen molar-refractivity contribution >= 4 is 17.5 Å². The number of benzene rings is 1. The molecule has 0 saturated carbocycles. The highest BCUT2D eigenvalue weighted by Gasteiger charge is 2.08. The van der Waals surface area contributed by atoms with E-state index in [-0.39, 0.29) is 5.91 Å². The Balaban J connectivity index is 2.04. The van der Waals surface area contributed by atoms with Gasteiger partial charge < -0.3 is 10.6 Å². The lowest BCUT2D eigenvalue weighted by Crippen LogP contribution is -2.13. The van der Waals surface area contributed by atoms with Crippen LogP contribution in [0.2, 0.25) is 0 Å². The summed E-state index contributed by atoms with van der Waals surface area (Å²) in [5.41, 5.74) is 3.55. The molecule has 0 fully saturated rings. The molecule has 110 valence electrons. The molecule has 0 aliphatic heterocycles. The molecule has 2 N–H and O–H groups in total. The molecule has 0 radical (unpaired) electrons. The summed E-state index contributed by atoms with van der Waals surface area (Å²) < 4.78 is 0. The van der Waals surface area contributed by atoms with Crippen LogP contribution in [0.3, 0.4) is 0 Å². The number of rotatable bonds is 5.